The molecule has 1 aliphatic rings. The number of halogens is 1. The van der Waals surface area contributed by atoms with Crippen LogP contribution >= 0.6 is 22.6 Å². The van der Waals surface area contributed by atoms with Gasteiger partial charge < -0.3 is 4.90 Å². The Morgan fingerprint density at radius 3 is 2.64 bits per heavy atom. The van der Waals surface area contributed by atoms with Gasteiger partial charge in [0.05, 0.1) is 6.54 Å². The fourth-order valence-electron chi connectivity index (χ4n) is 2.38. The van der Waals surface area contributed by atoms with Crippen molar-refractivity contribution in [3.8, 4) is 12.0 Å². The van der Waals surface area contributed by atoms with Crippen LogP contribution in [-0.2, 0) is 6.54 Å². The summed E-state index contributed by atoms with van der Waals surface area (Å²) in [4.78, 5) is 14.6. The van der Waals surface area contributed by atoms with E-state index < -0.39 is 0 Å². The minimum atomic E-state index is 0.0671. The quantitative estimate of drug-likeness (QED) is 0.441. The second-order valence-corrected chi connectivity index (χ2v) is 6.45. The number of hydrogen-bond donors (Lipinski definition) is 0. The maximum Gasteiger partial charge on any atom is 0.193 e. The van der Waals surface area contributed by atoms with E-state index in [4.69, 9.17) is 0 Å². The molecular weight excluding hydrogens is 385 g/mol. The lowest BCUT2D eigenvalue weighted by Crippen LogP contribution is -2.21. The Labute approximate surface area is 144 Å². The van der Waals surface area contributed by atoms with Gasteiger partial charge in [-0.05, 0) is 46.7 Å². The van der Waals surface area contributed by atoms with Gasteiger partial charge in [-0.3, -0.25) is 4.79 Å². The molecule has 0 aromatic heterocycles. The molecule has 3 heteroatoms. The molecule has 0 saturated heterocycles. The third-order valence-corrected chi connectivity index (χ3v) is 4.22. The minimum Gasteiger partial charge on any atom is -0.328 e. The molecule has 1 heterocycles. The van der Waals surface area contributed by atoms with Gasteiger partial charge in [0.2, 0.25) is 0 Å². The van der Waals surface area contributed by atoms with E-state index in [0.717, 1.165) is 34.2 Å². The monoisotopic (exact) mass is 400 g/mol. The molecule has 1 aliphatic heterocycles. The van der Waals surface area contributed by atoms with Crippen LogP contribution < -0.4 is 0 Å². The molecule has 3 rings (SSSR count). The van der Waals surface area contributed by atoms with E-state index in [1.165, 1.54) is 5.56 Å². The van der Waals surface area contributed by atoms with Crippen LogP contribution in [0.15, 0.2) is 48.5 Å². The van der Waals surface area contributed by atoms with Crippen molar-refractivity contribution in [1.82, 2.24) is 4.90 Å². The van der Waals surface area contributed by atoms with Crippen LogP contribution in [0.3, 0.4) is 0 Å². The predicted molar refractivity (Wildman–Crippen MR) is 96.1 cm³/mol. The maximum atomic E-state index is 12.5. The Morgan fingerprint density at radius 1 is 1.14 bits per heavy atom. The first-order valence-electron chi connectivity index (χ1n) is 7.19. The Morgan fingerprint density at radius 2 is 1.95 bits per heavy atom. The molecular formula is C19H15INO. The third-order valence-electron chi connectivity index (χ3n) is 3.54. The molecule has 0 amide bonds. The van der Waals surface area contributed by atoms with Gasteiger partial charge in [-0.1, -0.05) is 42.3 Å². The summed E-state index contributed by atoms with van der Waals surface area (Å²) in [6, 6.07) is 18.6. The van der Waals surface area contributed by atoms with Crippen molar-refractivity contribution in [2.24, 2.45) is 0 Å². The molecule has 2 aromatic carbocycles. The zero-order valence-electron chi connectivity index (χ0n) is 12.1. The van der Waals surface area contributed by atoms with Gasteiger partial charge in [0, 0.05) is 33.7 Å². The molecule has 0 atom stereocenters. The van der Waals surface area contributed by atoms with E-state index in [2.05, 4.69) is 39.5 Å². The Bertz CT molecular complexity index is 740. The van der Waals surface area contributed by atoms with E-state index in [1.54, 1.807) is 0 Å². The van der Waals surface area contributed by atoms with Crippen LogP contribution in [0.5, 0.6) is 0 Å². The van der Waals surface area contributed by atoms with Gasteiger partial charge in [-0.25, -0.2) is 0 Å². The zero-order valence-corrected chi connectivity index (χ0v) is 14.2. The first kappa shape index (κ1) is 15.1. The van der Waals surface area contributed by atoms with Gasteiger partial charge >= 0.3 is 0 Å². The standard InChI is InChI=1S/C19H15INO/c20-18-6-4-5-17(13-18)19(22)16-9-7-15(8-10-16)14-21-11-2-1-3-12-21/h1,4-10,13H,2,11,14H2. The lowest BCUT2D eigenvalue weighted by Gasteiger charge is -2.19. The minimum absolute atomic E-state index is 0.0671. The highest BCUT2D eigenvalue weighted by molar-refractivity contribution is 14.1. The third kappa shape index (κ3) is 3.69. The normalized spacial score (nSPS) is 13.4. The molecule has 0 spiro atoms. The zero-order chi connectivity index (χ0) is 15.4. The topological polar surface area (TPSA) is 20.3 Å². The largest absolute Gasteiger partial charge is 0.328 e. The van der Waals surface area contributed by atoms with Crippen LogP contribution in [0.2, 0.25) is 0 Å². The van der Waals surface area contributed by atoms with E-state index in [0.29, 0.717) is 0 Å². The van der Waals surface area contributed by atoms with E-state index >= 15 is 0 Å². The highest BCUT2D eigenvalue weighted by Crippen LogP contribution is 2.15. The molecule has 0 N–H and O–H groups in total. The second-order valence-electron chi connectivity index (χ2n) is 5.21. The molecule has 109 valence electrons. The molecule has 2 aromatic rings. The van der Waals surface area contributed by atoms with Gasteiger partial charge in [0.25, 0.3) is 0 Å². The number of ketones is 1. The molecule has 0 fully saturated rings. The van der Waals surface area contributed by atoms with E-state index in [1.807, 2.05) is 55.0 Å². The maximum absolute atomic E-state index is 12.5. The Kier molecular flexibility index (Phi) is 4.79. The fraction of sp³-hybridized carbons (Fsp3) is 0.158. The SMILES string of the molecule is O=C(c1ccc(CN2C#C[CH]CC2)cc1)c1cccc(I)c1. The number of hydrogen-bond acceptors (Lipinski definition) is 2. The summed E-state index contributed by atoms with van der Waals surface area (Å²) in [5.41, 5.74) is 2.64. The number of benzene rings is 2. The summed E-state index contributed by atoms with van der Waals surface area (Å²) in [5.74, 6) is 3.07. The number of carbonyl (C=O) groups excluding carboxylic acids is 1. The first-order valence-corrected chi connectivity index (χ1v) is 8.27. The van der Waals surface area contributed by atoms with Gasteiger partial charge in [-0.15, -0.1) is 0 Å². The number of nitrogens with zero attached hydrogens (tertiary/aromatic N) is 1. The van der Waals surface area contributed by atoms with Crippen molar-refractivity contribution in [1.29, 1.82) is 0 Å². The van der Waals surface area contributed by atoms with E-state index in [-0.39, 0.29) is 5.78 Å². The summed E-state index contributed by atoms with van der Waals surface area (Å²) in [6.07, 6.45) is 3.01. The van der Waals surface area contributed by atoms with Crippen molar-refractivity contribution < 1.29 is 4.79 Å². The molecule has 2 nitrogen and oxygen atoms in total. The average molecular weight is 400 g/mol. The van der Waals surface area contributed by atoms with Gasteiger partial charge in [-0.2, -0.15) is 0 Å². The van der Waals surface area contributed by atoms with Crippen molar-refractivity contribution >= 4 is 28.4 Å². The molecule has 0 aliphatic carbocycles. The summed E-state index contributed by atoms with van der Waals surface area (Å²) < 4.78 is 1.07. The summed E-state index contributed by atoms with van der Waals surface area (Å²) in [7, 11) is 0. The Balaban J connectivity index is 1.73. The lowest BCUT2D eigenvalue weighted by molar-refractivity contribution is 0.103. The predicted octanol–water partition coefficient (Wildman–Crippen LogP) is 3.89. The smallest absolute Gasteiger partial charge is 0.193 e. The molecule has 0 unspecified atom stereocenters. The highest BCUT2D eigenvalue weighted by atomic mass is 127. The van der Waals surface area contributed by atoms with E-state index in [9.17, 15) is 4.79 Å². The number of carbonyl (C=O) groups is 1. The lowest BCUT2D eigenvalue weighted by atomic mass is 10.0. The van der Waals surface area contributed by atoms with Crippen molar-refractivity contribution in [2.75, 3.05) is 6.54 Å². The van der Waals surface area contributed by atoms with Crippen LogP contribution in [0, 0.1) is 22.0 Å². The highest BCUT2D eigenvalue weighted by Gasteiger charge is 2.10. The van der Waals surface area contributed by atoms with Crippen molar-refractivity contribution in [3.63, 3.8) is 0 Å². The Hall–Kier alpha value is -1.80. The molecule has 22 heavy (non-hydrogen) atoms. The first-order chi connectivity index (χ1) is 10.7. The van der Waals surface area contributed by atoms with Crippen molar-refractivity contribution in [3.05, 3.63) is 75.2 Å². The van der Waals surface area contributed by atoms with Crippen LogP contribution in [-0.4, -0.2) is 17.2 Å². The molecule has 0 bridgehead atoms. The molecule has 1 radical (unpaired) electrons. The summed E-state index contributed by atoms with van der Waals surface area (Å²) in [6.45, 7) is 1.77. The van der Waals surface area contributed by atoms with Crippen LogP contribution in [0.1, 0.15) is 27.9 Å². The molecule has 0 saturated carbocycles. The summed E-state index contributed by atoms with van der Waals surface area (Å²) >= 11 is 2.22. The van der Waals surface area contributed by atoms with Gasteiger partial charge in [0.15, 0.2) is 5.78 Å². The van der Waals surface area contributed by atoms with Gasteiger partial charge in [0.1, 0.15) is 0 Å². The summed E-state index contributed by atoms with van der Waals surface area (Å²) in [5, 5.41) is 0. The number of rotatable bonds is 4. The van der Waals surface area contributed by atoms with Crippen molar-refractivity contribution in [2.45, 2.75) is 13.0 Å². The fourth-order valence-corrected chi connectivity index (χ4v) is 2.93. The average Bonchev–Trinajstić information content (AvgIpc) is 2.56. The second kappa shape index (κ2) is 6.97. The van der Waals surface area contributed by atoms with Crippen LogP contribution in [0.25, 0.3) is 0 Å². The van der Waals surface area contributed by atoms with Crippen LogP contribution in [0.4, 0.5) is 0 Å².